The Morgan fingerprint density at radius 1 is 1.36 bits per heavy atom. The second-order valence-electron chi connectivity index (χ2n) is 8.40. The zero-order valence-corrected chi connectivity index (χ0v) is 16.8. The van der Waals surface area contributed by atoms with Crippen LogP contribution in [-0.4, -0.2) is 52.2 Å². The van der Waals surface area contributed by atoms with Crippen molar-refractivity contribution in [3.8, 4) is 0 Å². The molecule has 0 aromatic carbocycles. The Balaban J connectivity index is 1.98. The normalized spacial score (nSPS) is 34.9. The minimum atomic E-state index is -1.27. The van der Waals surface area contributed by atoms with Gasteiger partial charge >= 0.3 is 11.9 Å². The predicted molar refractivity (Wildman–Crippen MR) is 100 cm³/mol. The van der Waals surface area contributed by atoms with Crippen LogP contribution in [0, 0.1) is 0 Å². The first kappa shape index (κ1) is 21.0. The second-order valence-corrected chi connectivity index (χ2v) is 8.40. The number of carbonyl (C=O) groups excluding carboxylic acids is 2. The molecule has 3 aliphatic heterocycles. The number of hydrogen-bond acceptors (Lipinski definition) is 7. The zero-order chi connectivity index (χ0) is 20.5. The molecule has 4 unspecified atom stereocenters. The van der Waals surface area contributed by atoms with Crippen molar-refractivity contribution in [3.63, 3.8) is 0 Å². The van der Waals surface area contributed by atoms with Gasteiger partial charge in [0.1, 0.15) is 11.9 Å². The van der Waals surface area contributed by atoms with Crippen molar-refractivity contribution in [2.45, 2.75) is 89.1 Å². The zero-order valence-electron chi connectivity index (χ0n) is 16.8. The molecule has 2 N–H and O–H groups in total. The minimum absolute atomic E-state index is 0.0556. The topological polar surface area (TPSA) is 102 Å². The summed E-state index contributed by atoms with van der Waals surface area (Å²) in [7, 11) is 0. The number of hydrogen-bond donors (Lipinski definition) is 2. The average molecular weight is 394 g/mol. The summed E-state index contributed by atoms with van der Waals surface area (Å²) in [6, 6.07) is 0. The van der Waals surface area contributed by atoms with Gasteiger partial charge in [-0.2, -0.15) is 0 Å². The molecule has 3 heterocycles. The van der Waals surface area contributed by atoms with E-state index in [9.17, 15) is 19.8 Å². The largest absolute Gasteiger partial charge is 0.457 e. The van der Waals surface area contributed by atoms with Crippen molar-refractivity contribution >= 4 is 11.9 Å². The lowest BCUT2D eigenvalue weighted by Crippen LogP contribution is -2.44. The van der Waals surface area contributed by atoms with Crippen molar-refractivity contribution in [1.29, 1.82) is 0 Å². The fourth-order valence-corrected chi connectivity index (χ4v) is 4.21. The van der Waals surface area contributed by atoms with E-state index in [2.05, 4.69) is 0 Å². The highest BCUT2D eigenvalue weighted by atomic mass is 16.6. The highest BCUT2D eigenvalue weighted by Crippen LogP contribution is 2.44. The molecule has 3 aliphatic rings. The molecule has 0 aliphatic carbocycles. The van der Waals surface area contributed by atoms with Gasteiger partial charge in [0, 0.05) is 18.4 Å². The van der Waals surface area contributed by atoms with Crippen LogP contribution in [0.4, 0.5) is 0 Å². The quantitative estimate of drug-likeness (QED) is 0.526. The van der Waals surface area contributed by atoms with Gasteiger partial charge in [-0.1, -0.05) is 19.8 Å². The molecule has 4 atom stereocenters. The van der Waals surface area contributed by atoms with Crippen LogP contribution in [0.1, 0.15) is 65.7 Å². The Morgan fingerprint density at radius 3 is 2.79 bits per heavy atom. The molecular formula is C21H30O7. The number of esters is 2. The van der Waals surface area contributed by atoms with Crippen molar-refractivity contribution in [2.24, 2.45) is 0 Å². The molecule has 0 aromatic heterocycles. The highest BCUT2D eigenvalue weighted by Gasteiger charge is 2.50. The fourth-order valence-electron chi connectivity index (χ4n) is 4.21. The standard InChI is InChI=1S/C21H30O7/c1-4-5-6-7-17(23)26-15-11-21(3,25)16-8-9-20(2,28-16)10-14-18(15)13(12-22)19(24)27-14/h10,15-16,22,25H,4-9,11-12H2,1-3H3. The first-order valence-electron chi connectivity index (χ1n) is 10.1. The molecule has 156 valence electrons. The predicted octanol–water partition coefficient (Wildman–Crippen LogP) is 2.30. The summed E-state index contributed by atoms with van der Waals surface area (Å²) in [5.74, 6) is -0.801. The van der Waals surface area contributed by atoms with E-state index in [1.807, 2.05) is 13.8 Å². The summed E-state index contributed by atoms with van der Waals surface area (Å²) >= 11 is 0. The third kappa shape index (κ3) is 4.16. The number of rotatable bonds is 6. The van der Waals surface area contributed by atoms with Crippen molar-refractivity contribution < 1.29 is 34.0 Å². The maximum Gasteiger partial charge on any atom is 0.342 e. The Hall–Kier alpha value is -1.70. The van der Waals surface area contributed by atoms with E-state index in [1.165, 1.54) is 0 Å². The smallest absolute Gasteiger partial charge is 0.342 e. The van der Waals surface area contributed by atoms with Gasteiger partial charge in [-0.3, -0.25) is 4.79 Å². The Morgan fingerprint density at radius 2 is 2.11 bits per heavy atom. The number of carbonyl (C=O) groups is 2. The van der Waals surface area contributed by atoms with Gasteiger partial charge in [0.2, 0.25) is 0 Å². The summed E-state index contributed by atoms with van der Waals surface area (Å²) in [4.78, 5) is 24.7. The van der Waals surface area contributed by atoms with E-state index in [4.69, 9.17) is 14.2 Å². The van der Waals surface area contributed by atoms with Crippen LogP contribution in [0.2, 0.25) is 0 Å². The van der Waals surface area contributed by atoms with Crippen LogP contribution in [-0.2, 0) is 23.8 Å². The van der Waals surface area contributed by atoms with E-state index in [0.717, 1.165) is 12.8 Å². The first-order valence-corrected chi connectivity index (χ1v) is 10.1. The number of ether oxygens (including phenoxy) is 3. The van der Waals surface area contributed by atoms with Gasteiger partial charge in [-0.25, -0.2) is 4.79 Å². The van der Waals surface area contributed by atoms with Gasteiger partial charge in [-0.05, 0) is 39.2 Å². The molecule has 1 fully saturated rings. The Labute approximate surface area is 165 Å². The summed E-state index contributed by atoms with van der Waals surface area (Å²) in [6.07, 6.45) is 4.64. The van der Waals surface area contributed by atoms with E-state index in [-0.39, 0.29) is 24.2 Å². The fraction of sp³-hybridized carbons (Fsp3) is 0.714. The van der Waals surface area contributed by atoms with Crippen molar-refractivity contribution in [3.05, 3.63) is 23.0 Å². The van der Waals surface area contributed by atoms with Crippen molar-refractivity contribution in [2.75, 3.05) is 6.61 Å². The van der Waals surface area contributed by atoms with Crippen LogP contribution < -0.4 is 0 Å². The maximum atomic E-state index is 12.4. The summed E-state index contributed by atoms with van der Waals surface area (Å²) in [5, 5.41) is 20.8. The molecule has 7 nitrogen and oxygen atoms in total. The molecule has 3 rings (SSSR count). The molecule has 28 heavy (non-hydrogen) atoms. The number of aliphatic hydroxyl groups is 2. The molecule has 0 amide bonds. The summed E-state index contributed by atoms with van der Waals surface area (Å²) in [5.41, 5.74) is -1.57. The molecule has 7 heteroatoms. The van der Waals surface area contributed by atoms with Crippen molar-refractivity contribution in [1.82, 2.24) is 0 Å². The maximum absolute atomic E-state index is 12.4. The average Bonchev–Trinajstić information content (AvgIpc) is 3.14. The lowest BCUT2D eigenvalue weighted by molar-refractivity contribution is -0.155. The van der Waals surface area contributed by atoms with Gasteiger partial charge in [0.05, 0.1) is 29.5 Å². The van der Waals surface area contributed by atoms with Crippen LogP contribution in [0.5, 0.6) is 0 Å². The molecule has 2 bridgehead atoms. The highest BCUT2D eigenvalue weighted by molar-refractivity contribution is 5.95. The van der Waals surface area contributed by atoms with Crippen LogP contribution in [0.3, 0.4) is 0 Å². The third-order valence-electron chi connectivity index (χ3n) is 5.82. The van der Waals surface area contributed by atoms with Gasteiger partial charge < -0.3 is 24.4 Å². The van der Waals surface area contributed by atoms with Crippen LogP contribution in [0.25, 0.3) is 0 Å². The molecule has 0 aromatic rings. The van der Waals surface area contributed by atoms with Gasteiger partial charge in [0.25, 0.3) is 0 Å². The SMILES string of the molecule is CCCCCC(=O)OC1CC(C)(O)C2CCC(C)(C=C3OC(=O)C(CO)=C31)O2. The number of unbranched alkanes of at least 4 members (excludes halogenated alkanes) is 2. The van der Waals surface area contributed by atoms with Gasteiger partial charge in [-0.15, -0.1) is 0 Å². The Bertz CT molecular complexity index is 706. The van der Waals surface area contributed by atoms with E-state index in [1.54, 1.807) is 13.0 Å². The van der Waals surface area contributed by atoms with Gasteiger partial charge in [0.15, 0.2) is 0 Å². The van der Waals surface area contributed by atoms with E-state index < -0.39 is 42.0 Å². The molecule has 1 saturated heterocycles. The molecule has 0 saturated carbocycles. The molecule has 0 spiro atoms. The van der Waals surface area contributed by atoms with Crippen LogP contribution in [0.15, 0.2) is 23.0 Å². The monoisotopic (exact) mass is 394 g/mol. The van der Waals surface area contributed by atoms with E-state index >= 15 is 0 Å². The van der Waals surface area contributed by atoms with Crippen LogP contribution >= 0.6 is 0 Å². The lowest BCUT2D eigenvalue weighted by Gasteiger charge is -2.33. The Kier molecular flexibility index (Phi) is 5.98. The number of aliphatic hydroxyl groups excluding tert-OH is 1. The number of fused-ring (bicyclic) bond motifs is 3. The van der Waals surface area contributed by atoms with E-state index in [0.29, 0.717) is 24.8 Å². The molecular weight excluding hydrogens is 364 g/mol. The minimum Gasteiger partial charge on any atom is -0.457 e. The summed E-state index contributed by atoms with van der Waals surface area (Å²) in [6.45, 7) is 5.05. The second kappa shape index (κ2) is 7.97. The lowest BCUT2D eigenvalue weighted by atomic mass is 9.84. The summed E-state index contributed by atoms with van der Waals surface area (Å²) < 4.78 is 17.2. The third-order valence-corrected chi connectivity index (χ3v) is 5.82. The molecule has 0 radical (unpaired) electrons. The first-order chi connectivity index (χ1) is 13.2.